The number of nitrogens with one attached hydrogen (secondary N) is 3. The molecular weight excluding hydrogens is 514 g/mol. The van der Waals surface area contributed by atoms with Crippen LogP contribution < -0.4 is 11.1 Å². The molecule has 206 valence electrons. The Balaban J connectivity index is 1.63. The summed E-state index contributed by atoms with van der Waals surface area (Å²) in [7, 11) is 0. The van der Waals surface area contributed by atoms with Crippen molar-refractivity contribution in [2.24, 2.45) is 5.73 Å². The molecule has 6 N–H and O–H groups in total. The third-order valence-corrected chi connectivity index (χ3v) is 7.37. The van der Waals surface area contributed by atoms with Crippen molar-refractivity contribution in [3.63, 3.8) is 0 Å². The van der Waals surface area contributed by atoms with Crippen LogP contribution in [-0.2, 0) is 6.54 Å². The molecule has 0 aliphatic heterocycles. The molecule has 5 rings (SSSR count). The van der Waals surface area contributed by atoms with Gasteiger partial charge in [0.2, 0.25) is 0 Å². The van der Waals surface area contributed by atoms with Crippen molar-refractivity contribution in [1.82, 2.24) is 15.3 Å². The number of aromatic nitrogens is 2. The minimum atomic E-state index is -1.03. The van der Waals surface area contributed by atoms with Crippen LogP contribution in [0.3, 0.4) is 0 Å². The summed E-state index contributed by atoms with van der Waals surface area (Å²) in [6, 6.07) is 20.2. The van der Waals surface area contributed by atoms with Crippen LogP contribution in [0.5, 0.6) is 0 Å². The highest BCUT2D eigenvalue weighted by Crippen LogP contribution is 2.40. The van der Waals surface area contributed by atoms with Crippen LogP contribution in [0.25, 0.3) is 22.0 Å². The van der Waals surface area contributed by atoms with Crippen molar-refractivity contribution in [3.8, 4) is 11.1 Å². The Labute approximate surface area is 237 Å². The molecule has 1 unspecified atom stereocenters. The molecule has 0 spiro atoms. The number of benzene rings is 3. The Hall–Kier alpha value is -5.24. The standard InChI is InChI=1S/C33H31N5O3/c1-3-23(29-18-37-30-15-21(31(34)35)7-11-26(29)30)24-10-8-22(32(39)38-17-20-5-4-12-36-16-20)14-27(24)25-9-6-19(2)13-28(25)33(40)41/h4-16,18,23,37H,3,17H2,1-2H3,(H3,34,35)(H,38,39)(H,40,41). The first kappa shape index (κ1) is 27.3. The van der Waals surface area contributed by atoms with Crippen molar-refractivity contribution < 1.29 is 14.7 Å². The van der Waals surface area contributed by atoms with Crippen LogP contribution in [0, 0.1) is 12.3 Å². The van der Waals surface area contributed by atoms with Gasteiger partial charge in [-0.05, 0) is 71.5 Å². The Bertz CT molecular complexity index is 1780. The lowest BCUT2D eigenvalue weighted by Gasteiger charge is -2.21. The zero-order valence-corrected chi connectivity index (χ0v) is 22.9. The number of pyridine rings is 1. The highest BCUT2D eigenvalue weighted by atomic mass is 16.4. The summed E-state index contributed by atoms with van der Waals surface area (Å²) in [5.74, 6) is -1.40. The number of aromatic amines is 1. The average Bonchev–Trinajstić information content (AvgIpc) is 3.40. The number of rotatable bonds is 9. The van der Waals surface area contributed by atoms with Gasteiger partial charge in [0, 0.05) is 53.1 Å². The van der Waals surface area contributed by atoms with Gasteiger partial charge in [-0.25, -0.2) is 4.79 Å². The Morgan fingerprint density at radius 1 is 1.02 bits per heavy atom. The van der Waals surface area contributed by atoms with Crippen molar-refractivity contribution in [2.75, 3.05) is 0 Å². The van der Waals surface area contributed by atoms with Crippen LogP contribution in [-0.4, -0.2) is 32.8 Å². The second-order valence-corrected chi connectivity index (χ2v) is 10.1. The normalized spacial score (nSPS) is 11.8. The largest absolute Gasteiger partial charge is 0.478 e. The van der Waals surface area contributed by atoms with Gasteiger partial charge in [-0.3, -0.25) is 15.2 Å². The molecular formula is C33H31N5O3. The summed E-state index contributed by atoms with van der Waals surface area (Å²) in [6.45, 7) is 4.26. The smallest absolute Gasteiger partial charge is 0.336 e. The number of fused-ring (bicyclic) bond motifs is 1. The van der Waals surface area contributed by atoms with E-state index in [1.54, 1.807) is 30.6 Å². The van der Waals surface area contributed by atoms with E-state index in [-0.39, 0.29) is 23.2 Å². The van der Waals surface area contributed by atoms with Crippen molar-refractivity contribution in [3.05, 3.63) is 124 Å². The summed E-state index contributed by atoms with van der Waals surface area (Å²) >= 11 is 0. The Morgan fingerprint density at radius 2 is 1.83 bits per heavy atom. The maximum absolute atomic E-state index is 13.2. The summed E-state index contributed by atoms with van der Waals surface area (Å²) in [4.78, 5) is 33.0. The fraction of sp³-hybridized carbons (Fsp3) is 0.152. The number of hydrogen-bond donors (Lipinski definition) is 5. The lowest BCUT2D eigenvalue weighted by Crippen LogP contribution is -2.23. The molecule has 2 heterocycles. The van der Waals surface area contributed by atoms with Crippen LogP contribution in [0.2, 0.25) is 0 Å². The van der Waals surface area contributed by atoms with Crippen LogP contribution in [0.15, 0.2) is 85.3 Å². The minimum Gasteiger partial charge on any atom is -0.478 e. The maximum atomic E-state index is 13.2. The first-order valence-electron chi connectivity index (χ1n) is 13.4. The van der Waals surface area contributed by atoms with E-state index in [1.807, 2.05) is 61.7 Å². The zero-order valence-electron chi connectivity index (χ0n) is 22.9. The van der Waals surface area contributed by atoms with E-state index in [1.165, 1.54) is 0 Å². The number of amidine groups is 1. The summed E-state index contributed by atoms with van der Waals surface area (Å²) < 4.78 is 0. The molecule has 0 fully saturated rings. The van der Waals surface area contributed by atoms with E-state index in [0.717, 1.165) is 39.6 Å². The van der Waals surface area contributed by atoms with Gasteiger partial charge in [0.05, 0.1) is 5.56 Å². The van der Waals surface area contributed by atoms with Crippen molar-refractivity contribution in [1.29, 1.82) is 5.41 Å². The van der Waals surface area contributed by atoms with Gasteiger partial charge in [-0.15, -0.1) is 0 Å². The van der Waals surface area contributed by atoms with Gasteiger partial charge < -0.3 is 21.1 Å². The first-order chi connectivity index (χ1) is 19.8. The molecule has 2 aromatic heterocycles. The predicted octanol–water partition coefficient (Wildman–Crippen LogP) is 5.99. The number of nitrogen functional groups attached to an aromatic ring is 1. The number of hydrogen-bond acceptors (Lipinski definition) is 4. The number of carboxylic acids is 1. The van der Waals surface area contributed by atoms with Crippen molar-refractivity contribution >= 4 is 28.6 Å². The fourth-order valence-corrected chi connectivity index (χ4v) is 5.30. The Kier molecular flexibility index (Phi) is 7.65. The van der Waals surface area contributed by atoms with Crippen molar-refractivity contribution in [2.45, 2.75) is 32.7 Å². The van der Waals surface area contributed by atoms with E-state index >= 15 is 0 Å². The number of H-pyrrole nitrogens is 1. The highest BCUT2D eigenvalue weighted by molar-refractivity contribution is 6.01. The summed E-state index contributed by atoms with van der Waals surface area (Å²) in [5, 5.41) is 21.8. The van der Waals surface area contributed by atoms with Gasteiger partial charge in [-0.2, -0.15) is 0 Å². The van der Waals surface area contributed by atoms with E-state index in [0.29, 0.717) is 28.8 Å². The average molecular weight is 546 g/mol. The molecule has 5 aromatic rings. The quantitative estimate of drug-likeness (QED) is 0.114. The predicted molar refractivity (Wildman–Crippen MR) is 160 cm³/mol. The van der Waals surface area contributed by atoms with E-state index in [9.17, 15) is 14.7 Å². The number of carboxylic acid groups (broad SMARTS) is 1. The van der Waals surface area contributed by atoms with Crippen LogP contribution in [0.4, 0.5) is 0 Å². The number of aryl methyl sites for hydroxylation is 1. The van der Waals surface area contributed by atoms with E-state index < -0.39 is 5.97 Å². The summed E-state index contributed by atoms with van der Waals surface area (Å²) in [5.41, 5.74) is 12.7. The molecule has 0 aliphatic carbocycles. The monoisotopic (exact) mass is 545 g/mol. The molecule has 1 atom stereocenters. The molecule has 41 heavy (non-hydrogen) atoms. The molecule has 8 heteroatoms. The molecule has 0 bridgehead atoms. The van der Waals surface area contributed by atoms with E-state index in [4.69, 9.17) is 11.1 Å². The summed E-state index contributed by atoms with van der Waals surface area (Å²) in [6.07, 6.45) is 6.06. The number of nitrogens with two attached hydrogens (primary N) is 1. The van der Waals surface area contributed by atoms with Gasteiger partial charge in [-0.1, -0.05) is 48.9 Å². The van der Waals surface area contributed by atoms with E-state index in [2.05, 4.69) is 22.2 Å². The third-order valence-electron chi connectivity index (χ3n) is 7.37. The topological polar surface area (TPSA) is 145 Å². The van der Waals surface area contributed by atoms with Crippen LogP contribution >= 0.6 is 0 Å². The SMILES string of the molecule is CCC(c1ccc(C(=O)NCc2cccnc2)cc1-c1ccc(C)cc1C(=O)O)c1c[nH]c2cc(C(=N)N)ccc12. The lowest BCUT2D eigenvalue weighted by molar-refractivity contribution is 0.0697. The van der Waals surface area contributed by atoms with Gasteiger partial charge in [0.1, 0.15) is 5.84 Å². The second kappa shape index (κ2) is 11.5. The zero-order chi connectivity index (χ0) is 29.1. The molecule has 8 nitrogen and oxygen atoms in total. The molecule has 0 radical (unpaired) electrons. The number of nitrogens with zero attached hydrogens (tertiary/aromatic N) is 1. The first-order valence-corrected chi connectivity index (χ1v) is 13.4. The molecule has 0 saturated heterocycles. The third kappa shape index (κ3) is 5.58. The Morgan fingerprint density at radius 3 is 2.54 bits per heavy atom. The van der Waals surface area contributed by atoms with Gasteiger partial charge >= 0.3 is 5.97 Å². The molecule has 3 aromatic carbocycles. The minimum absolute atomic E-state index is 0.00431. The maximum Gasteiger partial charge on any atom is 0.336 e. The second-order valence-electron chi connectivity index (χ2n) is 10.1. The fourth-order valence-electron chi connectivity index (χ4n) is 5.30. The molecule has 0 aliphatic rings. The molecule has 0 saturated carbocycles. The number of aromatic carboxylic acids is 1. The number of carbonyl (C=O) groups excluding carboxylic acids is 1. The lowest BCUT2D eigenvalue weighted by atomic mass is 9.82. The highest BCUT2D eigenvalue weighted by Gasteiger charge is 2.24. The van der Waals surface area contributed by atoms with Gasteiger partial charge in [0.25, 0.3) is 5.91 Å². The van der Waals surface area contributed by atoms with Gasteiger partial charge in [0.15, 0.2) is 0 Å². The number of carbonyl (C=O) groups is 2. The number of amides is 1. The van der Waals surface area contributed by atoms with Crippen LogP contribution in [0.1, 0.15) is 67.8 Å². The molecule has 1 amide bonds.